The van der Waals surface area contributed by atoms with Gasteiger partial charge in [-0.15, -0.1) is 15.3 Å². The van der Waals surface area contributed by atoms with Crippen LogP contribution in [0.25, 0.3) is 5.65 Å². The molecule has 4 rings (SSSR count). The molecule has 1 N–H and O–H groups in total. The quantitative estimate of drug-likeness (QED) is 0.730. The molecule has 1 aliphatic rings. The van der Waals surface area contributed by atoms with Crippen molar-refractivity contribution in [1.29, 1.82) is 0 Å². The summed E-state index contributed by atoms with van der Waals surface area (Å²) >= 11 is 0. The summed E-state index contributed by atoms with van der Waals surface area (Å²) in [6, 6.07) is 9.88. The molecule has 0 spiro atoms. The summed E-state index contributed by atoms with van der Waals surface area (Å²) in [6.45, 7) is 7.02. The molecule has 0 unspecified atom stereocenters. The van der Waals surface area contributed by atoms with Gasteiger partial charge in [0.25, 0.3) is 0 Å². The number of nitrogens with zero attached hydrogens (tertiary/aromatic N) is 5. The number of rotatable bonds is 5. The highest BCUT2D eigenvalue weighted by Gasteiger charge is 2.15. The van der Waals surface area contributed by atoms with E-state index in [4.69, 9.17) is 4.74 Å². The zero-order chi connectivity index (χ0) is 19.5. The van der Waals surface area contributed by atoms with Crippen LogP contribution in [0.4, 0.5) is 11.5 Å². The van der Waals surface area contributed by atoms with Crippen LogP contribution in [0.15, 0.2) is 30.3 Å². The van der Waals surface area contributed by atoms with Crippen LogP contribution >= 0.6 is 0 Å². The minimum absolute atomic E-state index is 0.0465. The molecule has 0 aliphatic carbocycles. The lowest BCUT2D eigenvalue weighted by Crippen LogP contribution is -2.37. The number of nitrogens with one attached hydrogen (secondary N) is 1. The van der Waals surface area contributed by atoms with Gasteiger partial charge < -0.3 is 15.0 Å². The number of hydrogen-bond donors (Lipinski definition) is 1. The molecule has 3 heterocycles. The summed E-state index contributed by atoms with van der Waals surface area (Å²) < 4.78 is 7.13. The molecule has 0 atom stereocenters. The maximum atomic E-state index is 12.4. The van der Waals surface area contributed by atoms with Crippen molar-refractivity contribution in [2.24, 2.45) is 0 Å². The Hall–Kier alpha value is -3.00. The van der Waals surface area contributed by atoms with E-state index in [9.17, 15) is 4.79 Å². The van der Waals surface area contributed by atoms with E-state index in [2.05, 4.69) is 25.5 Å². The maximum absolute atomic E-state index is 12.4. The van der Waals surface area contributed by atoms with Gasteiger partial charge in [-0.2, -0.15) is 4.52 Å². The zero-order valence-electron chi connectivity index (χ0n) is 16.2. The first-order chi connectivity index (χ1) is 13.6. The van der Waals surface area contributed by atoms with Gasteiger partial charge in [0, 0.05) is 31.6 Å². The van der Waals surface area contributed by atoms with E-state index < -0.39 is 0 Å². The molecule has 1 amide bonds. The van der Waals surface area contributed by atoms with Gasteiger partial charge in [-0.3, -0.25) is 4.79 Å². The molecule has 146 valence electrons. The van der Waals surface area contributed by atoms with Crippen LogP contribution in [0.1, 0.15) is 23.4 Å². The maximum Gasteiger partial charge on any atom is 0.224 e. The minimum atomic E-state index is -0.0465. The number of ether oxygens (including phenoxy) is 1. The van der Waals surface area contributed by atoms with Crippen LogP contribution < -0.4 is 10.2 Å². The minimum Gasteiger partial charge on any atom is -0.378 e. The predicted molar refractivity (Wildman–Crippen MR) is 107 cm³/mol. The molecular weight excluding hydrogens is 356 g/mol. The predicted octanol–water partition coefficient (Wildman–Crippen LogP) is 2.15. The number of aromatic nitrogens is 4. The van der Waals surface area contributed by atoms with Gasteiger partial charge in [0.1, 0.15) is 5.82 Å². The number of aryl methyl sites for hydroxylation is 3. The van der Waals surface area contributed by atoms with Gasteiger partial charge in [0.2, 0.25) is 5.91 Å². The van der Waals surface area contributed by atoms with Crippen molar-refractivity contribution in [3.8, 4) is 0 Å². The van der Waals surface area contributed by atoms with E-state index in [0.717, 1.165) is 35.7 Å². The zero-order valence-corrected chi connectivity index (χ0v) is 16.2. The van der Waals surface area contributed by atoms with Gasteiger partial charge in [-0.05, 0) is 43.2 Å². The molecule has 0 bridgehead atoms. The average Bonchev–Trinajstić information content (AvgIpc) is 3.12. The first-order valence-electron chi connectivity index (χ1n) is 9.51. The number of hydrogen-bond acceptors (Lipinski definition) is 6. The Balaban J connectivity index is 1.45. The SMILES string of the molecule is Cc1ccc(C)c(NC(=O)CCc2nnc3ccc(N4CCOCC4)nn23)c1. The second-order valence-electron chi connectivity index (χ2n) is 7.04. The number of anilines is 2. The molecule has 1 saturated heterocycles. The van der Waals surface area contributed by atoms with Crippen molar-refractivity contribution >= 4 is 23.1 Å². The number of carbonyl (C=O) groups is 1. The van der Waals surface area contributed by atoms with Gasteiger partial charge in [-0.25, -0.2) is 0 Å². The highest BCUT2D eigenvalue weighted by Crippen LogP contribution is 2.17. The standard InChI is InChI=1S/C20H24N6O2/c1-14-3-4-15(2)16(13-14)21-20(27)8-7-18-23-22-17-5-6-19(24-26(17)18)25-9-11-28-12-10-25/h3-6,13H,7-12H2,1-2H3,(H,21,27). The fourth-order valence-electron chi connectivity index (χ4n) is 3.25. The Bertz CT molecular complexity index is 994. The summed E-state index contributed by atoms with van der Waals surface area (Å²) in [6.07, 6.45) is 0.787. The van der Waals surface area contributed by atoms with E-state index in [1.54, 1.807) is 4.52 Å². The smallest absolute Gasteiger partial charge is 0.224 e. The number of benzene rings is 1. The summed E-state index contributed by atoms with van der Waals surface area (Å²) in [5.41, 5.74) is 3.69. The van der Waals surface area contributed by atoms with Crippen molar-refractivity contribution in [2.75, 3.05) is 36.5 Å². The van der Waals surface area contributed by atoms with Crippen molar-refractivity contribution in [3.05, 3.63) is 47.3 Å². The Morgan fingerprint density at radius 3 is 2.79 bits per heavy atom. The van der Waals surface area contributed by atoms with E-state index >= 15 is 0 Å². The Kier molecular flexibility index (Phi) is 5.21. The fourth-order valence-corrected chi connectivity index (χ4v) is 3.25. The third kappa shape index (κ3) is 3.96. The van der Waals surface area contributed by atoms with Crippen LogP contribution in [-0.2, 0) is 16.0 Å². The van der Waals surface area contributed by atoms with Crippen molar-refractivity contribution in [3.63, 3.8) is 0 Å². The second kappa shape index (κ2) is 7.93. The monoisotopic (exact) mass is 380 g/mol. The number of amides is 1. The van der Waals surface area contributed by atoms with E-state index in [0.29, 0.717) is 37.5 Å². The van der Waals surface area contributed by atoms with Crippen molar-refractivity contribution in [1.82, 2.24) is 19.8 Å². The van der Waals surface area contributed by atoms with Gasteiger partial charge in [0.15, 0.2) is 11.5 Å². The topological polar surface area (TPSA) is 84.7 Å². The summed E-state index contributed by atoms with van der Waals surface area (Å²) in [5.74, 6) is 1.51. The number of carbonyl (C=O) groups excluding carboxylic acids is 1. The Labute approximate surface area is 163 Å². The average molecular weight is 380 g/mol. The Morgan fingerprint density at radius 1 is 1.14 bits per heavy atom. The summed E-state index contributed by atoms with van der Waals surface area (Å²) in [5, 5.41) is 16.1. The molecule has 3 aromatic rings. The molecule has 8 heteroatoms. The molecule has 8 nitrogen and oxygen atoms in total. The van der Waals surface area contributed by atoms with E-state index in [1.165, 1.54) is 0 Å². The first kappa shape index (κ1) is 18.4. The van der Waals surface area contributed by atoms with E-state index in [-0.39, 0.29) is 5.91 Å². The van der Waals surface area contributed by atoms with Crippen LogP contribution in [0.5, 0.6) is 0 Å². The van der Waals surface area contributed by atoms with Gasteiger partial charge in [-0.1, -0.05) is 12.1 Å². The molecule has 1 aliphatic heterocycles. The Morgan fingerprint density at radius 2 is 1.96 bits per heavy atom. The first-order valence-corrected chi connectivity index (χ1v) is 9.51. The van der Waals surface area contributed by atoms with Crippen LogP contribution in [0.3, 0.4) is 0 Å². The summed E-state index contributed by atoms with van der Waals surface area (Å²) in [4.78, 5) is 14.6. The summed E-state index contributed by atoms with van der Waals surface area (Å²) in [7, 11) is 0. The lowest BCUT2D eigenvalue weighted by molar-refractivity contribution is -0.116. The largest absolute Gasteiger partial charge is 0.378 e. The van der Waals surface area contributed by atoms with Gasteiger partial charge in [0.05, 0.1) is 13.2 Å². The van der Waals surface area contributed by atoms with Crippen LogP contribution in [0, 0.1) is 13.8 Å². The fraction of sp³-hybridized carbons (Fsp3) is 0.400. The second-order valence-corrected chi connectivity index (χ2v) is 7.04. The third-order valence-electron chi connectivity index (χ3n) is 4.89. The highest BCUT2D eigenvalue weighted by molar-refractivity contribution is 5.91. The number of fused-ring (bicyclic) bond motifs is 1. The number of morpholine rings is 1. The molecular formula is C20H24N6O2. The lowest BCUT2D eigenvalue weighted by Gasteiger charge is -2.27. The molecule has 2 aromatic heterocycles. The van der Waals surface area contributed by atoms with Crippen LogP contribution in [0.2, 0.25) is 0 Å². The van der Waals surface area contributed by atoms with Crippen molar-refractivity contribution < 1.29 is 9.53 Å². The van der Waals surface area contributed by atoms with Crippen molar-refractivity contribution in [2.45, 2.75) is 26.7 Å². The van der Waals surface area contributed by atoms with Gasteiger partial charge >= 0.3 is 0 Å². The molecule has 0 saturated carbocycles. The van der Waals surface area contributed by atoms with E-state index in [1.807, 2.05) is 44.2 Å². The molecule has 1 fully saturated rings. The lowest BCUT2D eigenvalue weighted by atomic mass is 10.1. The molecule has 28 heavy (non-hydrogen) atoms. The third-order valence-corrected chi connectivity index (χ3v) is 4.89. The molecule has 0 radical (unpaired) electrons. The highest BCUT2D eigenvalue weighted by atomic mass is 16.5. The normalized spacial score (nSPS) is 14.4. The van der Waals surface area contributed by atoms with Crippen LogP contribution in [-0.4, -0.2) is 52.0 Å². The molecule has 1 aromatic carbocycles.